The number of nitrogens with zero attached hydrogens (tertiary/aromatic N) is 1. The number of urea groups is 1. The van der Waals surface area contributed by atoms with E-state index in [1.165, 1.54) is 25.3 Å². The summed E-state index contributed by atoms with van der Waals surface area (Å²) in [6, 6.07) is 10.9. The predicted octanol–water partition coefficient (Wildman–Crippen LogP) is 3.14. The molecule has 1 heterocycles. The van der Waals surface area contributed by atoms with Gasteiger partial charge in [-0.05, 0) is 41.5 Å². The summed E-state index contributed by atoms with van der Waals surface area (Å²) in [7, 11) is 1.39. The number of carbonyl (C=O) groups excluding carboxylic acids is 2. The van der Waals surface area contributed by atoms with E-state index in [1.54, 1.807) is 30.3 Å². The molecule has 0 aromatic heterocycles. The zero-order valence-electron chi connectivity index (χ0n) is 14.2. The summed E-state index contributed by atoms with van der Waals surface area (Å²) in [6.07, 6.45) is 1.52. The highest BCUT2D eigenvalue weighted by Gasteiger charge is 2.29. The van der Waals surface area contributed by atoms with Crippen LogP contribution in [0.15, 0.2) is 48.2 Å². The average molecular weight is 387 g/mol. The highest BCUT2D eigenvalue weighted by molar-refractivity contribution is 6.32. The van der Waals surface area contributed by atoms with Crippen LogP contribution < -0.4 is 10.1 Å². The van der Waals surface area contributed by atoms with Crippen LogP contribution in [-0.2, 0) is 11.4 Å². The van der Waals surface area contributed by atoms with Crippen molar-refractivity contribution in [1.29, 1.82) is 0 Å². The van der Waals surface area contributed by atoms with E-state index in [2.05, 4.69) is 5.32 Å². The number of likely N-dealkylation sites (N-methyl/N-ethyl adjacent to an activating group) is 1. The number of benzene rings is 2. The van der Waals surface area contributed by atoms with Gasteiger partial charge in [0, 0.05) is 7.05 Å². The van der Waals surface area contributed by atoms with Crippen molar-refractivity contribution in [3.05, 3.63) is 69.9 Å². The summed E-state index contributed by atoms with van der Waals surface area (Å²) in [5.74, 6) is -1.01. The van der Waals surface area contributed by atoms with E-state index >= 15 is 0 Å². The number of carbonyl (C=O) groups is 3. The number of hydrogen-bond donors (Lipinski definition) is 2. The number of amides is 3. The molecule has 0 aliphatic carbocycles. The molecule has 0 bridgehead atoms. The van der Waals surface area contributed by atoms with Crippen LogP contribution in [0.3, 0.4) is 0 Å². The van der Waals surface area contributed by atoms with Crippen molar-refractivity contribution in [3.63, 3.8) is 0 Å². The summed E-state index contributed by atoms with van der Waals surface area (Å²) >= 11 is 6.23. The van der Waals surface area contributed by atoms with E-state index in [1.807, 2.05) is 0 Å². The van der Waals surface area contributed by atoms with E-state index in [0.29, 0.717) is 21.9 Å². The molecule has 8 heteroatoms. The van der Waals surface area contributed by atoms with Crippen LogP contribution in [0.4, 0.5) is 4.79 Å². The van der Waals surface area contributed by atoms with Gasteiger partial charge in [-0.25, -0.2) is 9.59 Å². The third-order valence-electron chi connectivity index (χ3n) is 3.92. The molecular formula is C19H15ClN2O5. The molecule has 138 valence electrons. The van der Waals surface area contributed by atoms with Gasteiger partial charge in [0.15, 0.2) is 0 Å². The molecule has 2 aromatic carbocycles. The van der Waals surface area contributed by atoms with E-state index in [9.17, 15) is 14.4 Å². The van der Waals surface area contributed by atoms with Crippen molar-refractivity contribution in [2.24, 2.45) is 0 Å². The Morgan fingerprint density at radius 3 is 2.67 bits per heavy atom. The minimum absolute atomic E-state index is 0.153. The minimum Gasteiger partial charge on any atom is -0.487 e. The second-order valence-electron chi connectivity index (χ2n) is 5.84. The Labute approximate surface area is 159 Å². The van der Waals surface area contributed by atoms with Gasteiger partial charge < -0.3 is 15.2 Å². The van der Waals surface area contributed by atoms with Gasteiger partial charge in [0.05, 0.1) is 10.6 Å². The Morgan fingerprint density at radius 2 is 2.04 bits per heavy atom. The van der Waals surface area contributed by atoms with Crippen LogP contribution in [-0.4, -0.2) is 35.0 Å². The molecule has 1 fully saturated rings. The van der Waals surface area contributed by atoms with Gasteiger partial charge in [0.2, 0.25) is 0 Å². The minimum atomic E-state index is -1.01. The monoisotopic (exact) mass is 386 g/mol. The van der Waals surface area contributed by atoms with E-state index < -0.39 is 17.9 Å². The maximum absolute atomic E-state index is 11.9. The molecule has 2 N–H and O–H groups in total. The number of imide groups is 1. The predicted molar refractivity (Wildman–Crippen MR) is 98.5 cm³/mol. The molecular weight excluding hydrogens is 372 g/mol. The number of carboxylic acids is 1. The first-order valence-electron chi connectivity index (χ1n) is 7.90. The Hall–Kier alpha value is -3.32. The van der Waals surface area contributed by atoms with Gasteiger partial charge in [0.25, 0.3) is 5.91 Å². The second kappa shape index (κ2) is 7.51. The first kappa shape index (κ1) is 18.5. The standard InChI is InChI=1S/C19H15ClN2O5/c1-22-17(23)15(21-19(22)26)9-11-5-6-16(14(20)8-11)27-10-12-3-2-4-13(7-12)18(24)25/h2-9H,10H2,1H3,(H,21,26)(H,24,25)/b15-9+. The molecule has 2 aromatic rings. The van der Waals surface area contributed by atoms with Crippen LogP contribution in [0.2, 0.25) is 5.02 Å². The van der Waals surface area contributed by atoms with Gasteiger partial charge in [0.1, 0.15) is 18.1 Å². The van der Waals surface area contributed by atoms with E-state index in [4.69, 9.17) is 21.4 Å². The highest BCUT2D eigenvalue weighted by Crippen LogP contribution is 2.27. The third-order valence-corrected chi connectivity index (χ3v) is 4.21. The first-order chi connectivity index (χ1) is 12.8. The Kier molecular flexibility index (Phi) is 5.14. The van der Waals surface area contributed by atoms with Crippen LogP contribution in [0, 0.1) is 0 Å². The fourth-order valence-electron chi connectivity index (χ4n) is 2.47. The molecule has 0 radical (unpaired) electrons. The first-order valence-corrected chi connectivity index (χ1v) is 8.28. The smallest absolute Gasteiger partial charge is 0.335 e. The molecule has 3 amide bonds. The molecule has 0 saturated carbocycles. The Morgan fingerprint density at radius 1 is 1.26 bits per heavy atom. The van der Waals surface area contributed by atoms with Crippen molar-refractivity contribution < 1.29 is 24.2 Å². The zero-order chi connectivity index (χ0) is 19.6. The van der Waals surface area contributed by atoms with Gasteiger partial charge in [-0.1, -0.05) is 29.8 Å². The molecule has 0 spiro atoms. The fourth-order valence-corrected chi connectivity index (χ4v) is 2.71. The highest BCUT2D eigenvalue weighted by atomic mass is 35.5. The van der Waals surface area contributed by atoms with Crippen LogP contribution >= 0.6 is 11.6 Å². The lowest BCUT2D eigenvalue weighted by atomic mass is 10.1. The van der Waals surface area contributed by atoms with Crippen molar-refractivity contribution in [1.82, 2.24) is 10.2 Å². The molecule has 27 heavy (non-hydrogen) atoms. The summed E-state index contributed by atoms with van der Waals surface area (Å²) < 4.78 is 5.65. The van der Waals surface area contributed by atoms with E-state index in [0.717, 1.165) is 4.90 Å². The molecule has 3 rings (SSSR count). The second-order valence-corrected chi connectivity index (χ2v) is 6.24. The maximum atomic E-state index is 11.9. The molecule has 1 saturated heterocycles. The SMILES string of the molecule is CN1C(=O)N/C(=C/c2ccc(OCc3cccc(C(=O)O)c3)c(Cl)c2)C1=O. The normalized spacial score (nSPS) is 15.2. The van der Waals surface area contributed by atoms with Crippen LogP contribution in [0.1, 0.15) is 21.5 Å². The summed E-state index contributed by atoms with van der Waals surface area (Å²) in [5.41, 5.74) is 1.66. The molecule has 1 aliphatic heterocycles. The largest absolute Gasteiger partial charge is 0.487 e. The number of ether oxygens (including phenoxy) is 1. The Bertz CT molecular complexity index is 970. The quantitative estimate of drug-likeness (QED) is 0.608. The molecule has 0 unspecified atom stereocenters. The van der Waals surface area contributed by atoms with Gasteiger partial charge >= 0.3 is 12.0 Å². The van der Waals surface area contributed by atoms with E-state index in [-0.39, 0.29) is 17.9 Å². The van der Waals surface area contributed by atoms with Crippen molar-refractivity contribution >= 4 is 35.6 Å². The molecule has 1 aliphatic rings. The number of nitrogens with one attached hydrogen (secondary N) is 1. The van der Waals surface area contributed by atoms with Gasteiger partial charge in [-0.3, -0.25) is 9.69 Å². The van der Waals surface area contributed by atoms with Gasteiger partial charge in [-0.15, -0.1) is 0 Å². The van der Waals surface area contributed by atoms with Crippen LogP contribution in [0.25, 0.3) is 6.08 Å². The lowest BCUT2D eigenvalue weighted by molar-refractivity contribution is -0.121. The number of aromatic carboxylic acids is 1. The summed E-state index contributed by atoms with van der Waals surface area (Å²) in [6.45, 7) is 0.153. The lowest BCUT2D eigenvalue weighted by Gasteiger charge is -2.09. The number of rotatable bonds is 5. The maximum Gasteiger partial charge on any atom is 0.335 e. The summed E-state index contributed by atoms with van der Waals surface area (Å²) in [4.78, 5) is 35.3. The average Bonchev–Trinajstić information content (AvgIpc) is 2.88. The number of hydrogen-bond acceptors (Lipinski definition) is 4. The Balaban J connectivity index is 1.72. The lowest BCUT2D eigenvalue weighted by Crippen LogP contribution is -2.25. The fraction of sp³-hybridized carbons (Fsp3) is 0.105. The van der Waals surface area contributed by atoms with Crippen molar-refractivity contribution in [2.75, 3.05) is 7.05 Å². The zero-order valence-corrected chi connectivity index (χ0v) is 15.0. The van der Waals surface area contributed by atoms with Crippen molar-refractivity contribution in [2.45, 2.75) is 6.61 Å². The molecule has 7 nitrogen and oxygen atoms in total. The number of halogens is 1. The topological polar surface area (TPSA) is 95.9 Å². The summed E-state index contributed by atoms with van der Waals surface area (Å²) in [5, 5.41) is 11.8. The molecule has 0 atom stereocenters. The van der Waals surface area contributed by atoms with Crippen molar-refractivity contribution in [3.8, 4) is 5.75 Å². The third kappa shape index (κ3) is 4.09. The van der Waals surface area contributed by atoms with Gasteiger partial charge in [-0.2, -0.15) is 0 Å². The van der Waals surface area contributed by atoms with Crippen LogP contribution in [0.5, 0.6) is 5.75 Å². The number of carboxylic acid groups (broad SMARTS) is 1.